The van der Waals surface area contributed by atoms with Gasteiger partial charge in [-0.25, -0.2) is 4.79 Å². The number of carboxylic acid groups (broad SMARTS) is 1. The van der Waals surface area contributed by atoms with Gasteiger partial charge in [0, 0.05) is 18.1 Å². The molecule has 2 heterocycles. The SMILES string of the molecule is O=Cc1cccn1Cc1cscc1C(=O)O. The molecule has 0 saturated heterocycles. The number of hydrogen-bond acceptors (Lipinski definition) is 3. The molecule has 16 heavy (non-hydrogen) atoms. The summed E-state index contributed by atoms with van der Waals surface area (Å²) >= 11 is 1.35. The fourth-order valence-corrected chi connectivity index (χ4v) is 2.32. The van der Waals surface area contributed by atoms with Crippen molar-refractivity contribution in [2.24, 2.45) is 0 Å². The van der Waals surface area contributed by atoms with E-state index in [0.717, 1.165) is 11.8 Å². The zero-order valence-corrected chi connectivity index (χ0v) is 9.11. The quantitative estimate of drug-likeness (QED) is 0.826. The van der Waals surface area contributed by atoms with E-state index in [1.54, 1.807) is 33.7 Å². The Morgan fingerprint density at radius 3 is 3.00 bits per heavy atom. The van der Waals surface area contributed by atoms with Crippen LogP contribution >= 0.6 is 11.3 Å². The third kappa shape index (κ3) is 1.90. The summed E-state index contributed by atoms with van der Waals surface area (Å²) in [6, 6.07) is 3.45. The summed E-state index contributed by atoms with van der Waals surface area (Å²) in [5.74, 6) is -0.934. The first-order valence-electron chi connectivity index (χ1n) is 4.61. The summed E-state index contributed by atoms with van der Waals surface area (Å²) in [6.07, 6.45) is 2.51. The van der Waals surface area contributed by atoms with Crippen molar-refractivity contribution in [1.82, 2.24) is 4.57 Å². The number of carboxylic acids is 1. The topological polar surface area (TPSA) is 59.3 Å². The van der Waals surface area contributed by atoms with E-state index in [2.05, 4.69) is 0 Å². The third-order valence-electron chi connectivity index (χ3n) is 2.30. The zero-order valence-electron chi connectivity index (χ0n) is 8.29. The van der Waals surface area contributed by atoms with Gasteiger partial charge in [-0.1, -0.05) is 0 Å². The van der Waals surface area contributed by atoms with Gasteiger partial charge in [-0.15, -0.1) is 0 Å². The lowest BCUT2D eigenvalue weighted by molar-refractivity contribution is 0.0696. The van der Waals surface area contributed by atoms with E-state index < -0.39 is 5.97 Å². The molecule has 0 bridgehead atoms. The molecule has 0 unspecified atom stereocenters. The van der Waals surface area contributed by atoms with Crippen LogP contribution in [-0.2, 0) is 6.54 Å². The number of rotatable bonds is 4. The predicted molar refractivity (Wildman–Crippen MR) is 60.2 cm³/mol. The van der Waals surface area contributed by atoms with Gasteiger partial charge in [0.1, 0.15) is 0 Å². The second-order valence-corrected chi connectivity index (χ2v) is 4.04. The van der Waals surface area contributed by atoms with Crippen LogP contribution in [0.4, 0.5) is 0 Å². The van der Waals surface area contributed by atoms with E-state index in [1.807, 2.05) is 0 Å². The lowest BCUT2D eigenvalue weighted by atomic mass is 10.2. The van der Waals surface area contributed by atoms with E-state index in [-0.39, 0.29) is 0 Å². The minimum absolute atomic E-state index is 0.301. The van der Waals surface area contributed by atoms with Crippen molar-refractivity contribution in [2.75, 3.05) is 0 Å². The van der Waals surface area contributed by atoms with Gasteiger partial charge in [0.25, 0.3) is 0 Å². The second-order valence-electron chi connectivity index (χ2n) is 3.29. The van der Waals surface area contributed by atoms with Crippen molar-refractivity contribution in [2.45, 2.75) is 6.54 Å². The standard InChI is InChI=1S/C11H9NO3S/c13-5-9-2-1-3-12(9)4-8-6-16-7-10(8)11(14)15/h1-3,5-7H,4H2,(H,14,15). The molecule has 0 amide bonds. The first-order valence-corrected chi connectivity index (χ1v) is 5.55. The summed E-state index contributed by atoms with van der Waals surface area (Å²) in [7, 11) is 0. The van der Waals surface area contributed by atoms with Crippen LogP contribution in [0.5, 0.6) is 0 Å². The summed E-state index contributed by atoms with van der Waals surface area (Å²) in [4.78, 5) is 21.6. The Morgan fingerprint density at radius 2 is 2.31 bits per heavy atom. The second kappa shape index (κ2) is 4.32. The van der Waals surface area contributed by atoms with Crippen LogP contribution in [0.15, 0.2) is 29.1 Å². The number of carbonyl (C=O) groups excluding carboxylic acids is 1. The Balaban J connectivity index is 2.30. The highest BCUT2D eigenvalue weighted by molar-refractivity contribution is 7.08. The molecule has 1 N–H and O–H groups in total. The number of aromatic carboxylic acids is 1. The monoisotopic (exact) mass is 235 g/mol. The molecule has 0 fully saturated rings. The van der Waals surface area contributed by atoms with E-state index in [4.69, 9.17) is 5.11 Å². The van der Waals surface area contributed by atoms with Gasteiger partial charge in [-0.05, 0) is 23.1 Å². The zero-order chi connectivity index (χ0) is 11.5. The molecule has 0 aromatic carbocycles. The fourth-order valence-electron chi connectivity index (χ4n) is 1.50. The summed E-state index contributed by atoms with van der Waals surface area (Å²) in [5, 5.41) is 12.3. The highest BCUT2D eigenvalue weighted by Crippen LogP contribution is 2.17. The molecule has 2 rings (SSSR count). The van der Waals surface area contributed by atoms with Crippen LogP contribution < -0.4 is 0 Å². The molecular formula is C11H9NO3S. The van der Waals surface area contributed by atoms with Crippen LogP contribution in [0.2, 0.25) is 0 Å². The molecule has 2 aromatic rings. The van der Waals surface area contributed by atoms with Gasteiger partial charge < -0.3 is 9.67 Å². The smallest absolute Gasteiger partial charge is 0.336 e. The van der Waals surface area contributed by atoms with Gasteiger partial charge in [-0.2, -0.15) is 11.3 Å². The molecule has 0 saturated carbocycles. The summed E-state index contributed by atoms with van der Waals surface area (Å²) < 4.78 is 1.72. The molecule has 0 radical (unpaired) electrons. The highest BCUT2D eigenvalue weighted by Gasteiger charge is 2.11. The van der Waals surface area contributed by atoms with E-state index in [1.165, 1.54) is 11.3 Å². The number of carbonyl (C=O) groups is 2. The third-order valence-corrected chi connectivity index (χ3v) is 3.09. The largest absolute Gasteiger partial charge is 0.478 e. The molecular weight excluding hydrogens is 226 g/mol. The van der Waals surface area contributed by atoms with E-state index in [0.29, 0.717) is 17.8 Å². The lowest BCUT2D eigenvalue weighted by Crippen LogP contribution is -2.06. The highest BCUT2D eigenvalue weighted by atomic mass is 32.1. The van der Waals surface area contributed by atoms with Crippen LogP contribution in [0.3, 0.4) is 0 Å². The maximum atomic E-state index is 10.9. The van der Waals surface area contributed by atoms with Crippen molar-refractivity contribution in [1.29, 1.82) is 0 Å². The first kappa shape index (κ1) is 10.6. The Labute approximate surface area is 95.8 Å². The number of aromatic nitrogens is 1. The normalized spacial score (nSPS) is 10.2. The van der Waals surface area contributed by atoms with Crippen LogP contribution in [0.1, 0.15) is 26.4 Å². The van der Waals surface area contributed by atoms with Crippen molar-refractivity contribution in [3.05, 3.63) is 45.9 Å². The van der Waals surface area contributed by atoms with Gasteiger partial charge in [0.05, 0.1) is 11.3 Å². The molecule has 0 atom stereocenters. The number of aldehydes is 1. The van der Waals surface area contributed by atoms with Crippen molar-refractivity contribution in [3.8, 4) is 0 Å². The average Bonchev–Trinajstić information content (AvgIpc) is 2.86. The van der Waals surface area contributed by atoms with Crippen molar-refractivity contribution < 1.29 is 14.7 Å². The first-order chi connectivity index (χ1) is 7.72. The molecule has 4 nitrogen and oxygen atoms in total. The Morgan fingerprint density at radius 1 is 1.50 bits per heavy atom. The Bertz CT molecular complexity index is 527. The molecule has 0 aliphatic carbocycles. The lowest BCUT2D eigenvalue weighted by Gasteiger charge is -2.04. The molecule has 0 spiro atoms. The number of hydrogen-bond donors (Lipinski definition) is 1. The minimum Gasteiger partial charge on any atom is -0.478 e. The maximum Gasteiger partial charge on any atom is 0.336 e. The van der Waals surface area contributed by atoms with Crippen molar-refractivity contribution >= 4 is 23.6 Å². The minimum atomic E-state index is -0.934. The fraction of sp³-hybridized carbons (Fsp3) is 0.0909. The molecule has 0 aliphatic heterocycles. The van der Waals surface area contributed by atoms with Gasteiger partial charge in [-0.3, -0.25) is 4.79 Å². The molecule has 5 heteroatoms. The van der Waals surface area contributed by atoms with Gasteiger partial charge >= 0.3 is 5.97 Å². The Hall–Kier alpha value is -1.88. The molecule has 0 aliphatic rings. The van der Waals surface area contributed by atoms with Crippen LogP contribution in [-0.4, -0.2) is 21.9 Å². The van der Waals surface area contributed by atoms with Crippen LogP contribution in [0.25, 0.3) is 0 Å². The predicted octanol–water partition coefficient (Wildman–Crippen LogP) is 2.11. The van der Waals surface area contributed by atoms with E-state index in [9.17, 15) is 9.59 Å². The Kier molecular flexibility index (Phi) is 2.87. The molecule has 82 valence electrons. The number of thiophene rings is 1. The summed E-state index contributed by atoms with van der Waals surface area (Å²) in [6.45, 7) is 0.409. The van der Waals surface area contributed by atoms with E-state index >= 15 is 0 Å². The van der Waals surface area contributed by atoms with Crippen LogP contribution in [0, 0.1) is 0 Å². The average molecular weight is 235 g/mol. The van der Waals surface area contributed by atoms with Gasteiger partial charge in [0.2, 0.25) is 0 Å². The maximum absolute atomic E-state index is 10.9. The number of nitrogens with zero attached hydrogens (tertiary/aromatic N) is 1. The molecule has 2 aromatic heterocycles. The van der Waals surface area contributed by atoms with Crippen molar-refractivity contribution in [3.63, 3.8) is 0 Å². The van der Waals surface area contributed by atoms with Gasteiger partial charge in [0.15, 0.2) is 6.29 Å². The summed E-state index contributed by atoms with van der Waals surface area (Å²) in [5.41, 5.74) is 1.56.